The van der Waals surface area contributed by atoms with Crippen LogP contribution in [0, 0.1) is 0 Å². The van der Waals surface area contributed by atoms with Crippen molar-refractivity contribution in [3.05, 3.63) is 35.8 Å². The highest BCUT2D eigenvalue weighted by Gasteiger charge is 2.00. The van der Waals surface area contributed by atoms with Crippen molar-refractivity contribution in [2.45, 2.75) is 26.7 Å². The second kappa shape index (κ2) is 7.25. The van der Waals surface area contributed by atoms with Gasteiger partial charge in [0.15, 0.2) is 11.5 Å². The Kier molecular flexibility index (Phi) is 6.63. The van der Waals surface area contributed by atoms with E-state index in [-0.39, 0.29) is 0 Å². The molecule has 0 aromatic carbocycles. The highest BCUT2D eigenvalue weighted by atomic mass is 16.5. The third kappa shape index (κ3) is 4.75. The molecule has 2 heteroatoms. The highest BCUT2D eigenvalue weighted by molar-refractivity contribution is 5.19. The zero-order valence-corrected chi connectivity index (χ0v) is 9.59. The third-order valence-electron chi connectivity index (χ3n) is 1.90. The Morgan fingerprint density at radius 2 is 1.86 bits per heavy atom. The van der Waals surface area contributed by atoms with Crippen LogP contribution in [0.25, 0.3) is 0 Å². The number of hydrogen-bond acceptors (Lipinski definition) is 2. The molecule has 0 aromatic rings. The number of rotatable bonds is 6. The monoisotopic (exact) mass is 196 g/mol. The first-order chi connectivity index (χ1) is 6.65. The number of hydrogen-bond donors (Lipinski definition) is 0. The molecule has 0 aliphatic carbocycles. The van der Waals surface area contributed by atoms with E-state index in [0.29, 0.717) is 11.5 Å². The van der Waals surface area contributed by atoms with E-state index in [2.05, 4.69) is 26.5 Å². The first-order valence-corrected chi connectivity index (χ1v) is 4.78. The summed E-state index contributed by atoms with van der Waals surface area (Å²) in [6.07, 6.45) is 6.11. The minimum Gasteiger partial charge on any atom is -0.494 e. The molecule has 0 fully saturated rings. The molecule has 0 saturated heterocycles. The van der Waals surface area contributed by atoms with E-state index >= 15 is 0 Å². The molecular weight excluding hydrogens is 176 g/mol. The molecule has 0 aliphatic heterocycles. The topological polar surface area (TPSA) is 18.5 Å². The average molecular weight is 196 g/mol. The van der Waals surface area contributed by atoms with E-state index in [0.717, 1.165) is 12.8 Å². The summed E-state index contributed by atoms with van der Waals surface area (Å²) in [6.45, 7) is 7.96. The van der Waals surface area contributed by atoms with E-state index in [1.807, 2.05) is 6.08 Å². The SMILES string of the molecule is C=C(OC)/C(=C\C/C(C)=C\CC)OC. The Labute approximate surface area is 86.9 Å². The molecule has 0 spiro atoms. The molecule has 0 unspecified atom stereocenters. The fraction of sp³-hybridized carbons (Fsp3) is 0.500. The van der Waals surface area contributed by atoms with Gasteiger partial charge in [0.2, 0.25) is 0 Å². The number of allylic oxidation sites excluding steroid dienone is 3. The quantitative estimate of drug-likeness (QED) is 0.368. The largest absolute Gasteiger partial charge is 0.494 e. The number of methoxy groups -OCH3 is 2. The molecule has 0 rings (SSSR count). The van der Waals surface area contributed by atoms with Gasteiger partial charge < -0.3 is 9.47 Å². The minimum atomic E-state index is 0.566. The van der Waals surface area contributed by atoms with Crippen LogP contribution in [0.15, 0.2) is 35.8 Å². The molecule has 0 aliphatic rings. The van der Waals surface area contributed by atoms with E-state index in [1.165, 1.54) is 5.57 Å². The van der Waals surface area contributed by atoms with Crippen molar-refractivity contribution in [3.63, 3.8) is 0 Å². The first-order valence-electron chi connectivity index (χ1n) is 4.78. The molecule has 0 bridgehead atoms. The lowest BCUT2D eigenvalue weighted by Gasteiger charge is -2.07. The summed E-state index contributed by atoms with van der Waals surface area (Å²) in [5.74, 6) is 1.27. The van der Waals surface area contributed by atoms with Crippen molar-refractivity contribution < 1.29 is 9.47 Å². The predicted octanol–water partition coefficient (Wildman–Crippen LogP) is 3.42. The zero-order chi connectivity index (χ0) is 11.0. The molecule has 80 valence electrons. The fourth-order valence-corrected chi connectivity index (χ4v) is 1.10. The van der Waals surface area contributed by atoms with Crippen LogP contribution in [-0.2, 0) is 9.47 Å². The fourth-order valence-electron chi connectivity index (χ4n) is 1.10. The van der Waals surface area contributed by atoms with Gasteiger partial charge in [0.1, 0.15) is 0 Å². The van der Waals surface area contributed by atoms with Crippen molar-refractivity contribution in [1.82, 2.24) is 0 Å². The van der Waals surface area contributed by atoms with Gasteiger partial charge in [-0.3, -0.25) is 0 Å². The normalized spacial score (nSPS) is 12.6. The average Bonchev–Trinajstić information content (AvgIpc) is 2.18. The van der Waals surface area contributed by atoms with Crippen molar-refractivity contribution >= 4 is 0 Å². The molecule has 0 amide bonds. The van der Waals surface area contributed by atoms with E-state index in [1.54, 1.807) is 14.2 Å². The molecule has 2 nitrogen and oxygen atoms in total. The predicted molar refractivity (Wildman–Crippen MR) is 59.9 cm³/mol. The van der Waals surface area contributed by atoms with Crippen molar-refractivity contribution in [2.75, 3.05) is 14.2 Å². The van der Waals surface area contributed by atoms with Crippen LogP contribution in [0.3, 0.4) is 0 Å². The Balaban J connectivity index is 4.32. The smallest absolute Gasteiger partial charge is 0.156 e. The van der Waals surface area contributed by atoms with Crippen LogP contribution < -0.4 is 0 Å². The van der Waals surface area contributed by atoms with Gasteiger partial charge in [0, 0.05) is 0 Å². The summed E-state index contributed by atoms with van der Waals surface area (Å²) >= 11 is 0. The lowest BCUT2D eigenvalue weighted by Crippen LogP contribution is -1.93. The van der Waals surface area contributed by atoms with Gasteiger partial charge in [-0.05, 0) is 25.8 Å². The Morgan fingerprint density at radius 1 is 1.21 bits per heavy atom. The Hall–Kier alpha value is -1.18. The molecule has 0 saturated carbocycles. The summed E-state index contributed by atoms with van der Waals surface area (Å²) in [6, 6.07) is 0. The molecule has 0 aromatic heterocycles. The van der Waals surface area contributed by atoms with Crippen molar-refractivity contribution in [2.24, 2.45) is 0 Å². The lowest BCUT2D eigenvalue weighted by atomic mass is 10.1. The molecule has 0 N–H and O–H groups in total. The Bertz CT molecular complexity index is 237. The van der Waals surface area contributed by atoms with Crippen LogP contribution in [0.5, 0.6) is 0 Å². The Morgan fingerprint density at radius 3 is 2.29 bits per heavy atom. The summed E-state index contributed by atoms with van der Waals surface area (Å²) < 4.78 is 10.1. The van der Waals surface area contributed by atoms with Gasteiger partial charge in [-0.15, -0.1) is 0 Å². The van der Waals surface area contributed by atoms with Crippen molar-refractivity contribution in [1.29, 1.82) is 0 Å². The first kappa shape index (κ1) is 12.8. The standard InChI is InChI=1S/C12H20O2/c1-6-7-10(2)8-9-12(14-5)11(3)13-4/h7,9H,3,6,8H2,1-2,4-5H3/b10-7-,12-9+. The summed E-state index contributed by atoms with van der Waals surface area (Å²) in [5.41, 5.74) is 1.32. The van der Waals surface area contributed by atoms with Gasteiger partial charge in [-0.25, -0.2) is 0 Å². The van der Waals surface area contributed by atoms with E-state index in [4.69, 9.17) is 9.47 Å². The third-order valence-corrected chi connectivity index (χ3v) is 1.90. The van der Waals surface area contributed by atoms with E-state index in [9.17, 15) is 0 Å². The van der Waals surface area contributed by atoms with Crippen LogP contribution >= 0.6 is 0 Å². The van der Waals surface area contributed by atoms with Crippen LogP contribution in [0.2, 0.25) is 0 Å². The lowest BCUT2D eigenvalue weighted by molar-refractivity contribution is 0.220. The number of ether oxygens (including phenoxy) is 2. The minimum absolute atomic E-state index is 0.566. The maximum atomic E-state index is 5.14. The summed E-state index contributed by atoms with van der Waals surface area (Å²) in [4.78, 5) is 0. The maximum Gasteiger partial charge on any atom is 0.156 e. The van der Waals surface area contributed by atoms with Crippen molar-refractivity contribution in [3.8, 4) is 0 Å². The zero-order valence-electron chi connectivity index (χ0n) is 9.59. The second-order valence-corrected chi connectivity index (χ2v) is 3.06. The molecular formula is C12H20O2. The van der Waals surface area contributed by atoms with Crippen LogP contribution in [0.1, 0.15) is 26.7 Å². The van der Waals surface area contributed by atoms with Crippen LogP contribution in [0.4, 0.5) is 0 Å². The maximum absolute atomic E-state index is 5.14. The molecule has 14 heavy (non-hydrogen) atoms. The van der Waals surface area contributed by atoms with Gasteiger partial charge in [-0.2, -0.15) is 0 Å². The summed E-state index contributed by atoms with van der Waals surface area (Å²) in [5, 5.41) is 0. The molecule has 0 heterocycles. The van der Waals surface area contributed by atoms with Gasteiger partial charge in [0.25, 0.3) is 0 Å². The highest BCUT2D eigenvalue weighted by Crippen LogP contribution is 2.12. The van der Waals surface area contributed by atoms with Gasteiger partial charge in [-0.1, -0.05) is 25.2 Å². The van der Waals surface area contributed by atoms with E-state index < -0.39 is 0 Å². The molecule has 0 radical (unpaired) electrons. The van der Waals surface area contributed by atoms with Gasteiger partial charge in [0.05, 0.1) is 14.2 Å². The second-order valence-electron chi connectivity index (χ2n) is 3.06. The van der Waals surface area contributed by atoms with Crippen LogP contribution in [-0.4, -0.2) is 14.2 Å². The summed E-state index contributed by atoms with van der Waals surface area (Å²) in [7, 11) is 3.21. The molecule has 0 atom stereocenters. The van der Waals surface area contributed by atoms with Gasteiger partial charge >= 0.3 is 0 Å².